The molecule has 1 atom stereocenters. The molecule has 21 heavy (non-hydrogen) atoms. The van der Waals surface area contributed by atoms with Gasteiger partial charge in [0.25, 0.3) is 0 Å². The molecule has 0 saturated carbocycles. The van der Waals surface area contributed by atoms with Crippen LogP contribution in [0.5, 0.6) is 0 Å². The second-order valence-corrected chi connectivity index (χ2v) is 6.98. The number of hydrogen-bond donors (Lipinski definition) is 1. The average Bonchev–Trinajstić information content (AvgIpc) is 2.96. The number of likely N-dealkylation sites (tertiary alicyclic amines) is 1. The fourth-order valence-corrected chi connectivity index (χ4v) is 3.83. The van der Waals surface area contributed by atoms with E-state index in [2.05, 4.69) is 53.4 Å². The Morgan fingerprint density at radius 1 is 1.33 bits per heavy atom. The van der Waals surface area contributed by atoms with E-state index in [1.54, 1.807) is 0 Å². The third-order valence-electron chi connectivity index (χ3n) is 4.15. The minimum Gasteiger partial charge on any atom is -0.316 e. The van der Waals surface area contributed by atoms with Gasteiger partial charge in [-0.25, -0.2) is 4.98 Å². The molecule has 1 aromatic carbocycles. The Bertz CT molecular complexity index is 576. The van der Waals surface area contributed by atoms with Crippen molar-refractivity contribution >= 4 is 11.3 Å². The molecule has 1 unspecified atom stereocenters. The van der Waals surface area contributed by atoms with Crippen LogP contribution >= 0.6 is 11.3 Å². The SMILES string of the molecule is CNC1CCCN(Cc2cnc(-c3ccc(C)cc3)s2)C1. The van der Waals surface area contributed by atoms with E-state index in [0.717, 1.165) is 18.1 Å². The van der Waals surface area contributed by atoms with E-state index < -0.39 is 0 Å². The molecule has 1 saturated heterocycles. The molecule has 4 heteroatoms. The van der Waals surface area contributed by atoms with Crippen molar-refractivity contribution in [1.82, 2.24) is 15.2 Å². The first-order valence-electron chi connectivity index (χ1n) is 7.66. The summed E-state index contributed by atoms with van der Waals surface area (Å²) in [4.78, 5) is 8.50. The molecular weight excluding hydrogens is 278 g/mol. The highest BCUT2D eigenvalue weighted by molar-refractivity contribution is 7.15. The van der Waals surface area contributed by atoms with Gasteiger partial charge >= 0.3 is 0 Å². The maximum atomic E-state index is 4.60. The lowest BCUT2D eigenvalue weighted by Crippen LogP contribution is -2.43. The lowest BCUT2D eigenvalue weighted by Gasteiger charge is -2.32. The summed E-state index contributed by atoms with van der Waals surface area (Å²) in [5.74, 6) is 0. The van der Waals surface area contributed by atoms with E-state index in [9.17, 15) is 0 Å². The summed E-state index contributed by atoms with van der Waals surface area (Å²) in [6.45, 7) is 5.50. The number of likely N-dealkylation sites (N-methyl/N-ethyl adjacent to an activating group) is 1. The fourth-order valence-electron chi connectivity index (χ4n) is 2.87. The number of aromatic nitrogens is 1. The highest BCUT2D eigenvalue weighted by Crippen LogP contribution is 2.26. The van der Waals surface area contributed by atoms with E-state index in [1.165, 1.54) is 35.4 Å². The smallest absolute Gasteiger partial charge is 0.123 e. The van der Waals surface area contributed by atoms with E-state index in [-0.39, 0.29) is 0 Å². The van der Waals surface area contributed by atoms with Crippen molar-refractivity contribution in [1.29, 1.82) is 0 Å². The summed E-state index contributed by atoms with van der Waals surface area (Å²) in [7, 11) is 2.07. The molecular formula is C17H23N3S. The molecule has 0 radical (unpaired) electrons. The van der Waals surface area contributed by atoms with Crippen molar-refractivity contribution < 1.29 is 0 Å². The molecule has 3 rings (SSSR count). The molecule has 0 amide bonds. The minimum absolute atomic E-state index is 0.642. The summed E-state index contributed by atoms with van der Waals surface area (Å²) in [6.07, 6.45) is 4.63. The third-order valence-corrected chi connectivity index (χ3v) is 5.18. The van der Waals surface area contributed by atoms with Crippen molar-refractivity contribution in [2.75, 3.05) is 20.1 Å². The maximum absolute atomic E-state index is 4.60. The predicted molar refractivity (Wildman–Crippen MR) is 89.6 cm³/mol. The van der Waals surface area contributed by atoms with Crippen molar-refractivity contribution in [2.45, 2.75) is 32.4 Å². The number of nitrogens with one attached hydrogen (secondary N) is 1. The van der Waals surface area contributed by atoms with Crippen LogP contribution < -0.4 is 5.32 Å². The molecule has 2 heterocycles. The number of piperidine rings is 1. The summed E-state index contributed by atoms with van der Waals surface area (Å²) in [6, 6.07) is 9.27. The molecule has 2 aromatic rings. The number of nitrogens with zero attached hydrogens (tertiary/aromatic N) is 2. The first-order chi connectivity index (χ1) is 10.2. The van der Waals surface area contributed by atoms with Gasteiger partial charge in [-0.1, -0.05) is 29.8 Å². The van der Waals surface area contributed by atoms with Gasteiger partial charge in [0, 0.05) is 35.8 Å². The van der Waals surface area contributed by atoms with Gasteiger partial charge in [0.2, 0.25) is 0 Å². The zero-order valence-electron chi connectivity index (χ0n) is 12.8. The minimum atomic E-state index is 0.642. The highest BCUT2D eigenvalue weighted by atomic mass is 32.1. The Labute approximate surface area is 131 Å². The van der Waals surface area contributed by atoms with Crippen LogP contribution in [0, 0.1) is 6.92 Å². The Hall–Kier alpha value is -1.23. The van der Waals surface area contributed by atoms with Crippen LogP contribution in [-0.2, 0) is 6.54 Å². The Morgan fingerprint density at radius 2 is 2.14 bits per heavy atom. The number of benzene rings is 1. The van der Waals surface area contributed by atoms with Crippen molar-refractivity contribution in [2.24, 2.45) is 0 Å². The van der Waals surface area contributed by atoms with Gasteiger partial charge in [0.1, 0.15) is 5.01 Å². The molecule has 1 aliphatic rings. The van der Waals surface area contributed by atoms with Gasteiger partial charge in [-0.3, -0.25) is 4.90 Å². The van der Waals surface area contributed by atoms with Gasteiger partial charge in [-0.2, -0.15) is 0 Å². The van der Waals surface area contributed by atoms with Crippen LogP contribution in [0.1, 0.15) is 23.3 Å². The largest absolute Gasteiger partial charge is 0.316 e. The fraction of sp³-hybridized carbons (Fsp3) is 0.471. The lowest BCUT2D eigenvalue weighted by atomic mass is 10.1. The Balaban J connectivity index is 1.66. The Kier molecular flexibility index (Phi) is 4.68. The second-order valence-electron chi connectivity index (χ2n) is 5.86. The lowest BCUT2D eigenvalue weighted by molar-refractivity contribution is 0.189. The zero-order valence-corrected chi connectivity index (χ0v) is 13.6. The quantitative estimate of drug-likeness (QED) is 0.939. The summed E-state index contributed by atoms with van der Waals surface area (Å²) < 4.78 is 0. The highest BCUT2D eigenvalue weighted by Gasteiger charge is 2.19. The molecule has 0 aliphatic carbocycles. The average molecular weight is 301 g/mol. The Morgan fingerprint density at radius 3 is 2.90 bits per heavy atom. The van der Waals surface area contributed by atoms with E-state index in [4.69, 9.17) is 0 Å². The van der Waals surface area contributed by atoms with Crippen LogP contribution in [-0.4, -0.2) is 36.1 Å². The van der Waals surface area contributed by atoms with Gasteiger partial charge in [0.15, 0.2) is 0 Å². The molecule has 0 bridgehead atoms. The summed E-state index contributed by atoms with van der Waals surface area (Å²) in [5.41, 5.74) is 2.52. The summed E-state index contributed by atoms with van der Waals surface area (Å²) >= 11 is 1.82. The standard InChI is InChI=1S/C17H23N3S/c1-13-5-7-14(8-6-13)17-19-10-16(21-17)12-20-9-3-4-15(11-20)18-2/h5-8,10,15,18H,3-4,9,11-12H2,1-2H3. The molecule has 1 aromatic heterocycles. The van der Waals surface area contributed by atoms with Crippen molar-refractivity contribution in [3.8, 4) is 10.6 Å². The zero-order chi connectivity index (χ0) is 14.7. The van der Waals surface area contributed by atoms with Crippen LogP contribution in [0.25, 0.3) is 10.6 Å². The first-order valence-corrected chi connectivity index (χ1v) is 8.47. The van der Waals surface area contributed by atoms with Gasteiger partial charge in [-0.15, -0.1) is 11.3 Å². The van der Waals surface area contributed by atoms with Crippen LogP contribution in [0.4, 0.5) is 0 Å². The van der Waals surface area contributed by atoms with Crippen molar-refractivity contribution in [3.05, 3.63) is 40.9 Å². The van der Waals surface area contributed by atoms with Gasteiger partial charge in [0.05, 0.1) is 0 Å². The van der Waals surface area contributed by atoms with Gasteiger partial charge in [-0.05, 0) is 33.4 Å². The van der Waals surface area contributed by atoms with Crippen LogP contribution in [0.15, 0.2) is 30.5 Å². The predicted octanol–water partition coefficient (Wildman–Crippen LogP) is 3.30. The topological polar surface area (TPSA) is 28.2 Å². The number of aryl methyl sites for hydroxylation is 1. The number of hydrogen-bond acceptors (Lipinski definition) is 4. The molecule has 0 spiro atoms. The molecule has 1 fully saturated rings. The first kappa shape index (κ1) is 14.7. The third kappa shape index (κ3) is 3.70. The summed E-state index contributed by atoms with van der Waals surface area (Å²) in [5, 5.41) is 4.53. The van der Waals surface area contributed by atoms with E-state index in [1.807, 2.05) is 17.5 Å². The molecule has 1 N–H and O–H groups in total. The van der Waals surface area contributed by atoms with E-state index in [0.29, 0.717) is 6.04 Å². The molecule has 112 valence electrons. The maximum Gasteiger partial charge on any atom is 0.123 e. The van der Waals surface area contributed by atoms with Crippen molar-refractivity contribution in [3.63, 3.8) is 0 Å². The van der Waals surface area contributed by atoms with Crippen LogP contribution in [0.3, 0.4) is 0 Å². The number of rotatable bonds is 4. The monoisotopic (exact) mass is 301 g/mol. The number of thiazole rings is 1. The van der Waals surface area contributed by atoms with Gasteiger partial charge < -0.3 is 5.32 Å². The van der Waals surface area contributed by atoms with E-state index >= 15 is 0 Å². The van der Waals surface area contributed by atoms with Crippen LogP contribution in [0.2, 0.25) is 0 Å². The second kappa shape index (κ2) is 6.69. The normalized spacial score (nSPS) is 19.8. The molecule has 1 aliphatic heterocycles. The molecule has 3 nitrogen and oxygen atoms in total.